The molecular formula is C24H27AlN2. The Balaban J connectivity index is 1.70. The Labute approximate surface area is 167 Å². The summed E-state index contributed by atoms with van der Waals surface area (Å²) in [5, 5.41) is 1.09. The van der Waals surface area contributed by atoms with Crippen LogP contribution in [0.15, 0.2) is 77.8 Å². The predicted molar refractivity (Wildman–Crippen MR) is 120 cm³/mol. The Bertz CT molecular complexity index is 900. The number of aliphatic imine (C=N–C) groups is 1. The Hall–Kier alpha value is -2.34. The molecule has 2 nitrogen and oxygen atoms in total. The number of aryl methyl sites for hydroxylation is 2. The molecule has 3 heteroatoms. The van der Waals surface area contributed by atoms with Gasteiger partial charge in [-0.3, -0.25) is 4.99 Å². The van der Waals surface area contributed by atoms with E-state index in [9.17, 15) is 0 Å². The van der Waals surface area contributed by atoms with Crippen molar-refractivity contribution in [3.63, 3.8) is 0 Å². The molecule has 0 saturated carbocycles. The molecule has 0 aliphatic carbocycles. The zero-order valence-corrected chi connectivity index (χ0v) is 17.6. The smallest absolute Gasteiger partial charge is 0.412 e. The molecule has 0 fully saturated rings. The zero-order chi connectivity index (χ0) is 19.1. The van der Waals surface area contributed by atoms with Gasteiger partial charge in [-0.25, -0.2) is 0 Å². The molecule has 0 amide bonds. The number of hydrogen-bond acceptors (Lipinski definition) is 2. The Morgan fingerprint density at radius 1 is 0.963 bits per heavy atom. The Morgan fingerprint density at radius 2 is 1.74 bits per heavy atom. The average Bonchev–Trinajstić information content (AvgIpc) is 2.67. The van der Waals surface area contributed by atoms with Gasteiger partial charge in [-0.15, -0.1) is 0 Å². The molecule has 0 heterocycles. The second kappa shape index (κ2) is 9.56. The molecule has 0 atom stereocenters. The van der Waals surface area contributed by atoms with E-state index in [0.29, 0.717) is 0 Å². The summed E-state index contributed by atoms with van der Waals surface area (Å²) >= 11 is -1.13. The van der Waals surface area contributed by atoms with Crippen LogP contribution in [0.5, 0.6) is 0 Å². The van der Waals surface area contributed by atoms with Crippen LogP contribution < -0.4 is 4.30 Å². The number of nitrogens with zero attached hydrogens (tertiary/aromatic N) is 1. The molecule has 0 spiro atoms. The SMILES string of the molecule is CCc1ccc(N=Cc2ccccc2[CH2][Al]([CH3])[NH]c2cccc(C)c2)cc1. The van der Waals surface area contributed by atoms with Gasteiger partial charge in [0.1, 0.15) is 0 Å². The van der Waals surface area contributed by atoms with Gasteiger partial charge in [0.15, 0.2) is 0 Å². The standard InChI is InChI=1S/C16H16N.C7H8N.CH3.Al/c1-3-14-8-10-16(11-9-14)17-12-15-7-5-4-6-13(15)2;1-6-3-2-4-7(8)5-6;;/h4-12H,2-3H2,1H3;2-5,8H,1H3;1H3;/q;-1;;+1. The minimum atomic E-state index is -1.13. The van der Waals surface area contributed by atoms with Crippen molar-refractivity contribution in [3.8, 4) is 0 Å². The molecule has 0 saturated heterocycles. The van der Waals surface area contributed by atoms with Gasteiger partial charge in [-0.05, 0) is 59.6 Å². The highest BCUT2D eigenvalue weighted by Gasteiger charge is 2.14. The molecule has 1 N–H and O–H groups in total. The molecule has 0 aliphatic heterocycles. The molecule has 0 aromatic heterocycles. The van der Waals surface area contributed by atoms with Crippen molar-refractivity contribution in [2.75, 3.05) is 4.30 Å². The summed E-state index contributed by atoms with van der Waals surface area (Å²) in [5.41, 5.74) is 7.45. The van der Waals surface area contributed by atoms with Crippen LogP contribution in [0.4, 0.5) is 11.4 Å². The Kier molecular flexibility index (Phi) is 6.87. The number of anilines is 1. The fraction of sp³-hybridized carbons (Fsp3) is 0.208. The van der Waals surface area contributed by atoms with Gasteiger partial charge in [0, 0.05) is 11.9 Å². The summed E-state index contributed by atoms with van der Waals surface area (Å²) < 4.78 is 3.74. The summed E-state index contributed by atoms with van der Waals surface area (Å²) in [6.07, 6.45) is 3.06. The summed E-state index contributed by atoms with van der Waals surface area (Å²) in [6.45, 7) is 4.31. The van der Waals surface area contributed by atoms with Crippen molar-refractivity contribution in [1.82, 2.24) is 0 Å². The zero-order valence-electron chi connectivity index (χ0n) is 16.4. The van der Waals surface area contributed by atoms with Crippen molar-refractivity contribution in [2.24, 2.45) is 4.99 Å². The minimum Gasteiger partial charge on any atom is -0.476 e. The van der Waals surface area contributed by atoms with Crippen LogP contribution >= 0.6 is 0 Å². The van der Waals surface area contributed by atoms with E-state index in [1.807, 2.05) is 6.21 Å². The van der Waals surface area contributed by atoms with Crippen LogP contribution in [0.25, 0.3) is 0 Å². The molecule has 136 valence electrons. The summed E-state index contributed by atoms with van der Waals surface area (Å²) in [6, 6.07) is 25.7. The molecule has 0 unspecified atom stereocenters. The van der Waals surface area contributed by atoms with Crippen LogP contribution in [-0.2, 0) is 11.7 Å². The number of hydrogen-bond donors (Lipinski definition) is 1. The molecular weight excluding hydrogens is 343 g/mol. The molecule has 3 aromatic carbocycles. The van der Waals surface area contributed by atoms with Gasteiger partial charge >= 0.3 is 14.4 Å². The quantitative estimate of drug-likeness (QED) is 0.393. The van der Waals surface area contributed by atoms with E-state index >= 15 is 0 Å². The maximum Gasteiger partial charge on any atom is 0.412 e. The second-order valence-corrected chi connectivity index (χ2v) is 9.60. The van der Waals surface area contributed by atoms with Crippen LogP contribution in [0.2, 0.25) is 5.79 Å². The van der Waals surface area contributed by atoms with Gasteiger partial charge < -0.3 is 4.30 Å². The van der Waals surface area contributed by atoms with Crippen molar-refractivity contribution in [1.29, 1.82) is 0 Å². The van der Waals surface area contributed by atoms with E-state index in [2.05, 4.69) is 102 Å². The number of benzene rings is 3. The van der Waals surface area contributed by atoms with Crippen molar-refractivity contribution in [2.45, 2.75) is 31.3 Å². The third kappa shape index (κ3) is 5.82. The number of rotatable bonds is 7. The normalized spacial score (nSPS) is 10.9. The lowest BCUT2D eigenvalue weighted by Gasteiger charge is -2.13. The third-order valence-corrected chi connectivity index (χ3v) is 6.59. The van der Waals surface area contributed by atoms with E-state index in [1.165, 1.54) is 27.9 Å². The van der Waals surface area contributed by atoms with Gasteiger partial charge in [0.2, 0.25) is 0 Å². The lowest BCUT2D eigenvalue weighted by atomic mass is 10.1. The van der Waals surface area contributed by atoms with Gasteiger partial charge in [0.05, 0.1) is 5.69 Å². The molecule has 3 aromatic rings. The largest absolute Gasteiger partial charge is 0.476 e. The van der Waals surface area contributed by atoms with Gasteiger partial charge in [0.25, 0.3) is 0 Å². The first-order chi connectivity index (χ1) is 13.1. The highest BCUT2D eigenvalue weighted by molar-refractivity contribution is 6.60. The lowest BCUT2D eigenvalue weighted by Crippen LogP contribution is -2.24. The topological polar surface area (TPSA) is 24.4 Å². The predicted octanol–water partition coefficient (Wildman–Crippen LogP) is 6.12. The summed E-state index contributed by atoms with van der Waals surface area (Å²) in [5.74, 6) is 2.36. The Morgan fingerprint density at radius 3 is 2.48 bits per heavy atom. The first kappa shape index (κ1) is 19.4. The average molecular weight is 370 g/mol. The van der Waals surface area contributed by atoms with E-state index in [4.69, 9.17) is 0 Å². The molecule has 27 heavy (non-hydrogen) atoms. The fourth-order valence-corrected chi connectivity index (χ4v) is 5.09. The second-order valence-electron chi connectivity index (χ2n) is 7.10. The van der Waals surface area contributed by atoms with E-state index in [1.54, 1.807) is 0 Å². The highest BCUT2D eigenvalue weighted by Crippen LogP contribution is 2.16. The molecule has 0 aliphatic rings. The molecule has 0 radical (unpaired) electrons. The van der Waals surface area contributed by atoms with Crippen LogP contribution in [0.1, 0.15) is 29.2 Å². The third-order valence-electron chi connectivity index (χ3n) is 4.71. The van der Waals surface area contributed by atoms with Crippen LogP contribution in [0, 0.1) is 6.92 Å². The van der Waals surface area contributed by atoms with Crippen molar-refractivity contribution in [3.05, 3.63) is 95.1 Å². The lowest BCUT2D eigenvalue weighted by molar-refractivity contribution is 1.14. The van der Waals surface area contributed by atoms with Crippen LogP contribution in [0.3, 0.4) is 0 Å². The maximum atomic E-state index is 4.69. The van der Waals surface area contributed by atoms with E-state index in [-0.39, 0.29) is 0 Å². The van der Waals surface area contributed by atoms with Gasteiger partial charge in [-0.2, -0.15) is 0 Å². The first-order valence-electron chi connectivity index (χ1n) is 9.68. The van der Waals surface area contributed by atoms with Crippen molar-refractivity contribution < 1.29 is 0 Å². The summed E-state index contributed by atoms with van der Waals surface area (Å²) in [7, 11) is 0. The van der Waals surface area contributed by atoms with Crippen LogP contribution in [-0.4, -0.2) is 20.6 Å². The van der Waals surface area contributed by atoms with E-state index < -0.39 is 14.4 Å². The summed E-state index contributed by atoms with van der Waals surface area (Å²) in [4.78, 5) is 4.69. The van der Waals surface area contributed by atoms with Gasteiger partial charge in [-0.1, -0.05) is 66.8 Å². The highest BCUT2D eigenvalue weighted by atomic mass is 27.2. The van der Waals surface area contributed by atoms with E-state index in [0.717, 1.165) is 17.4 Å². The van der Waals surface area contributed by atoms with Crippen molar-refractivity contribution >= 4 is 32.0 Å². The maximum absolute atomic E-state index is 4.69. The first-order valence-corrected chi connectivity index (χ1v) is 12.2. The number of nitrogens with one attached hydrogen (secondary N) is 1. The molecule has 3 rings (SSSR count). The molecule has 0 bridgehead atoms. The monoisotopic (exact) mass is 370 g/mol. The minimum absolute atomic E-state index is 1.00. The fourth-order valence-electron chi connectivity index (χ4n) is 3.21.